The lowest BCUT2D eigenvalue weighted by Crippen LogP contribution is -2.41. The van der Waals surface area contributed by atoms with Crippen LogP contribution in [0.3, 0.4) is 0 Å². The maximum Gasteiger partial charge on any atom is 0.309 e. The maximum absolute atomic E-state index is 11.8. The van der Waals surface area contributed by atoms with Crippen molar-refractivity contribution in [3.05, 3.63) is 46.2 Å². The topological polar surface area (TPSA) is 96.9 Å². The van der Waals surface area contributed by atoms with Crippen LogP contribution < -0.4 is 20.1 Å². The lowest BCUT2D eigenvalue weighted by Gasteiger charge is -2.10. The van der Waals surface area contributed by atoms with E-state index in [9.17, 15) is 14.7 Å². The van der Waals surface area contributed by atoms with Crippen LogP contribution >= 0.6 is 11.3 Å². The average molecular weight is 348 g/mol. The van der Waals surface area contributed by atoms with Gasteiger partial charge in [0.05, 0.1) is 0 Å². The van der Waals surface area contributed by atoms with Crippen LogP contribution in [-0.2, 0) is 16.1 Å². The van der Waals surface area contributed by atoms with E-state index in [0.29, 0.717) is 11.5 Å². The van der Waals surface area contributed by atoms with E-state index in [1.807, 2.05) is 11.4 Å². The summed E-state index contributed by atoms with van der Waals surface area (Å²) in [5.74, 6) is -0.270. The zero-order valence-corrected chi connectivity index (χ0v) is 13.5. The van der Waals surface area contributed by atoms with E-state index in [4.69, 9.17) is 9.47 Å². The number of fused-ring (bicyclic) bond motifs is 1. The fraction of sp³-hybridized carbons (Fsp3) is 0.250. The molecule has 1 aliphatic rings. The molecule has 1 aromatic heterocycles. The van der Waals surface area contributed by atoms with Gasteiger partial charge >= 0.3 is 11.8 Å². The van der Waals surface area contributed by atoms with Gasteiger partial charge in [-0.15, -0.1) is 11.3 Å². The number of thiophene rings is 1. The van der Waals surface area contributed by atoms with Gasteiger partial charge in [0, 0.05) is 18.0 Å². The summed E-state index contributed by atoms with van der Waals surface area (Å²) in [7, 11) is 0. The number of nitrogens with one attached hydrogen (secondary N) is 2. The molecule has 0 saturated heterocycles. The molecule has 1 aromatic carbocycles. The average Bonchev–Trinajstić information content (AvgIpc) is 3.27. The number of ether oxygens (including phenoxy) is 2. The third-order valence-electron chi connectivity index (χ3n) is 3.42. The molecule has 3 N–H and O–H groups in total. The second-order valence-electron chi connectivity index (χ2n) is 5.11. The normalized spacial score (nSPS) is 13.4. The lowest BCUT2D eigenvalue weighted by atomic mass is 10.2. The van der Waals surface area contributed by atoms with E-state index in [1.54, 1.807) is 24.3 Å². The zero-order valence-electron chi connectivity index (χ0n) is 12.7. The zero-order chi connectivity index (χ0) is 16.9. The van der Waals surface area contributed by atoms with Gasteiger partial charge in [0.15, 0.2) is 11.5 Å². The summed E-state index contributed by atoms with van der Waals surface area (Å²) in [4.78, 5) is 24.3. The molecule has 8 heteroatoms. The second-order valence-corrected chi connectivity index (χ2v) is 6.09. The van der Waals surface area contributed by atoms with Crippen LogP contribution in [0.4, 0.5) is 0 Å². The van der Waals surface area contributed by atoms with Crippen molar-refractivity contribution < 1.29 is 24.2 Å². The Hall–Kier alpha value is -2.58. The minimum absolute atomic E-state index is 0.0171. The summed E-state index contributed by atoms with van der Waals surface area (Å²) in [6.07, 6.45) is -0.824. The summed E-state index contributed by atoms with van der Waals surface area (Å²) in [6, 6.07) is 8.86. The number of amides is 2. The van der Waals surface area contributed by atoms with Gasteiger partial charge in [0.2, 0.25) is 6.79 Å². The van der Waals surface area contributed by atoms with Gasteiger partial charge in [-0.25, -0.2) is 0 Å². The molecule has 2 heterocycles. The molecule has 2 amide bonds. The van der Waals surface area contributed by atoms with Crippen molar-refractivity contribution >= 4 is 23.2 Å². The van der Waals surface area contributed by atoms with Gasteiger partial charge in [-0.05, 0) is 29.1 Å². The van der Waals surface area contributed by atoms with Gasteiger partial charge in [0.25, 0.3) is 0 Å². The van der Waals surface area contributed by atoms with Gasteiger partial charge in [-0.2, -0.15) is 0 Å². The van der Waals surface area contributed by atoms with Gasteiger partial charge < -0.3 is 25.2 Å². The number of rotatable bonds is 5. The quantitative estimate of drug-likeness (QED) is 0.699. The summed E-state index contributed by atoms with van der Waals surface area (Å²) in [5, 5.41) is 16.6. The Morgan fingerprint density at radius 1 is 1.17 bits per heavy atom. The molecule has 7 nitrogen and oxygen atoms in total. The first-order valence-corrected chi connectivity index (χ1v) is 8.17. The molecule has 0 radical (unpaired) electrons. The lowest BCUT2D eigenvalue weighted by molar-refractivity contribution is -0.139. The molecule has 0 unspecified atom stereocenters. The fourth-order valence-electron chi connectivity index (χ4n) is 2.16. The van der Waals surface area contributed by atoms with Gasteiger partial charge in [-0.3, -0.25) is 9.59 Å². The third kappa shape index (κ3) is 3.84. The van der Waals surface area contributed by atoms with Crippen LogP contribution in [0.5, 0.6) is 11.5 Å². The van der Waals surface area contributed by atoms with Crippen molar-refractivity contribution in [1.82, 2.24) is 10.6 Å². The summed E-state index contributed by atoms with van der Waals surface area (Å²) in [5.41, 5.74) is 0.791. The highest BCUT2D eigenvalue weighted by atomic mass is 32.1. The first-order chi connectivity index (χ1) is 11.6. The van der Waals surface area contributed by atoms with Crippen molar-refractivity contribution in [2.75, 3.05) is 13.3 Å². The van der Waals surface area contributed by atoms with Crippen molar-refractivity contribution in [2.24, 2.45) is 0 Å². The largest absolute Gasteiger partial charge is 0.454 e. The summed E-state index contributed by atoms with van der Waals surface area (Å²) < 4.78 is 10.5. The van der Waals surface area contributed by atoms with Gasteiger partial charge in [0.1, 0.15) is 6.10 Å². The molecule has 0 fully saturated rings. The smallest absolute Gasteiger partial charge is 0.309 e. The number of carbonyl (C=O) groups excluding carboxylic acids is 2. The number of hydrogen-bond acceptors (Lipinski definition) is 6. The van der Waals surface area contributed by atoms with Crippen molar-refractivity contribution in [1.29, 1.82) is 0 Å². The van der Waals surface area contributed by atoms with Crippen LogP contribution in [0.15, 0.2) is 35.7 Å². The van der Waals surface area contributed by atoms with Crippen LogP contribution in [-0.4, -0.2) is 30.3 Å². The number of carbonyl (C=O) groups is 2. The van der Waals surface area contributed by atoms with Crippen LogP contribution in [0, 0.1) is 0 Å². The molecular weight excluding hydrogens is 332 g/mol. The maximum atomic E-state index is 11.8. The Labute approximate surface area is 142 Å². The number of aliphatic hydroxyl groups excluding tert-OH is 1. The first kappa shape index (κ1) is 16.3. The molecule has 126 valence electrons. The summed E-state index contributed by atoms with van der Waals surface area (Å²) >= 11 is 1.38. The highest BCUT2D eigenvalue weighted by molar-refractivity contribution is 7.10. The molecule has 3 rings (SSSR count). The second kappa shape index (κ2) is 7.33. The van der Waals surface area contributed by atoms with Crippen molar-refractivity contribution in [3.63, 3.8) is 0 Å². The Bertz CT molecular complexity index is 732. The monoisotopic (exact) mass is 348 g/mol. The Morgan fingerprint density at radius 2 is 1.96 bits per heavy atom. The van der Waals surface area contributed by atoms with Crippen LogP contribution in [0.2, 0.25) is 0 Å². The van der Waals surface area contributed by atoms with E-state index < -0.39 is 17.9 Å². The highest BCUT2D eigenvalue weighted by Crippen LogP contribution is 2.32. The minimum atomic E-state index is -0.824. The fourth-order valence-corrected chi connectivity index (χ4v) is 2.88. The molecule has 1 aliphatic heterocycles. The third-order valence-corrected chi connectivity index (χ3v) is 4.40. The molecule has 0 saturated carbocycles. The molecule has 24 heavy (non-hydrogen) atoms. The SMILES string of the molecule is O=C(NCc1ccc2c(c1)OCO2)C(=O)NC[C@H](O)c1cccs1. The van der Waals surface area contributed by atoms with E-state index in [0.717, 1.165) is 10.4 Å². The Morgan fingerprint density at radius 3 is 2.75 bits per heavy atom. The summed E-state index contributed by atoms with van der Waals surface area (Å²) in [6.45, 7) is 0.354. The first-order valence-electron chi connectivity index (χ1n) is 7.29. The highest BCUT2D eigenvalue weighted by Gasteiger charge is 2.17. The predicted molar refractivity (Wildman–Crippen MR) is 86.7 cm³/mol. The van der Waals surface area contributed by atoms with Gasteiger partial charge in [-0.1, -0.05) is 12.1 Å². The number of benzene rings is 1. The van der Waals surface area contributed by atoms with Crippen LogP contribution in [0.1, 0.15) is 16.5 Å². The predicted octanol–water partition coefficient (Wildman–Crippen LogP) is 0.943. The van der Waals surface area contributed by atoms with E-state index in [-0.39, 0.29) is 19.9 Å². The van der Waals surface area contributed by atoms with E-state index in [2.05, 4.69) is 10.6 Å². The molecule has 0 aliphatic carbocycles. The van der Waals surface area contributed by atoms with Crippen molar-refractivity contribution in [3.8, 4) is 11.5 Å². The van der Waals surface area contributed by atoms with E-state index >= 15 is 0 Å². The Balaban J connectivity index is 1.45. The van der Waals surface area contributed by atoms with Crippen molar-refractivity contribution in [2.45, 2.75) is 12.6 Å². The van der Waals surface area contributed by atoms with Crippen LogP contribution in [0.25, 0.3) is 0 Å². The molecule has 1 atom stereocenters. The molecule has 0 bridgehead atoms. The molecule has 2 aromatic rings. The minimum Gasteiger partial charge on any atom is -0.454 e. The van der Waals surface area contributed by atoms with E-state index in [1.165, 1.54) is 11.3 Å². The molecular formula is C16H16N2O5S. The standard InChI is InChI=1S/C16H16N2O5S/c19-11(14-2-1-5-24-14)8-18-16(21)15(20)17-7-10-3-4-12-13(6-10)23-9-22-12/h1-6,11,19H,7-9H2,(H,17,20)(H,18,21)/t11-/m0/s1. The number of hydrogen-bond donors (Lipinski definition) is 3. The molecule has 0 spiro atoms. The Kier molecular flexibility index (Phi) is 4.97. The number of aliphatic hydroxyl groups is 1.